The molecule has 0 aromatic heterocycles. The monoisotopic (exact) mass is 430 g/mol. The summed E-state index contributed by atoms with van der Waals surface area (Å²) in [5, 5.41) is 11.5. The predicted octanol–water partition coefficient (Wildman–Crippen LogP) is 1.17. The van der Waals surface area contributed by atoms with Crippen molar-refractivity contribution in [2.75, 3.05) is 4.90 Å². The van der Waals surface area contributed by atoms with Crippen molar-refractivity contribution in [3.63, 3.8) is 0 Å². The van der Waals surface area contributed by atoms with Crippen LogP contribution in [0.1, 0.15) is 19.4 Å². The minimum atomic E-state index is -1.71. The minimum absolute atomic E-state index is 0.161. The Labute approximate surface area is 175 Å². The molecule has 0 N–H and O–H groups in total. The van der Waals surface area contributed by atoms with Gasteiger partial charge in [-0.3, -0.25) is 29.3 Å². The molecule has 2 saturated heterocycles. The Balaban J connectivity index is 1.79. The maximum Gasteiger partial charge on any atom is 0.305 e. The number of nitro benzene ring substituents is 1. The zero-order valence-electron chi connectivity index (χ0n) is 16.8. The Bertz CT molecular complexity index is 1050. The molecule has 0 radical (unpaired) electrons. The summed E-state index contributed by atoms with van der Waals surface area (Å²) in [6, 6.07) is 4.16. The van der Waals surface area contributed by atoms with Gasteiger partial charge >= 0.3 is 11.9 Å². The van der Waals surface area contributed by atoms with E-state index in [1.54, 1.807) is 13.0 Å². The number of amides is 2. The molecule has 2 bridgehead atoms. The van der Waals surface area contributed by atoms with E-state index in [-0.39, 0.29) is 5.69 Å². The summed E-state index contributed by atoms with van der Waals surface area (Å²) < 4.78 is 16.1. The molecule has 1 aromatic carbocycles. The average molecular weight is 430 g/mol. The molecule has 162 valence electrons. The summed E-state index contributed by atoms with van der Waals surface area (Å²) in [7, 11) is 0. The molecule has 2 fully saturated rings. The highest BCUT2D eigenvalue weighted by molar-refractivity contribution is 6.24. The van der Waals surface area contributed by atoms with Crippen LogP contribution in [0.25, 0.3) is 0 Å². The topological polar surface area (TPSA) is 142 Å². The summed E-state index contributed by atoms with van der Waals surface area (Å²) in [5.74, 6) is -5.22. The minimum Gasteiger partial charge on any atom is -0.422 e. The zero-order valence-corrected chi connectivity index (χ0v) is 16.8. The summed E-state index contributed by atoms with van der Waals surface area (Å²) >= 11 is 0. The van der Waals surface area contributed by atoms with Crippen molar-refractivity contribution in [1.29, 1.82) is 0 Å². The van der Waals surface area contributed by atoms with Crippen LogP contribution in [0, 0.1) is 28.9 Å². The number of carbonyl (C=O) groups excluding carboxylic acids is 4. The molecule has 3 heterocycles. The highest BCUT2D eigenvalue weighted by atomic mass is 16.7. The fourth-order valence-electron chi connectivity index (χ4n) is 4.42. The van der Waals surface area contributed by atoms with Gasteiger partial charge in [0.15, 0.2) is 5.60 Å². The van der Waals surface area contributed by atoms with Gasteiger partial charge in [-0.1, -0.05) is 12.1 Å². The number of hydrogen-bond donors (Lipinski definition) is 0. The first-order chi connectivity index (χ1) is 14.6. The van der Waals surface area contributed by atoms with Crippen molar-refractivity contribution in [3.8, 4) is 0 Å². The van der Waals surface area contributed by atoms with E-state index in [1.807, 2.05) is 0 Å². The largest absolute Gasteiger partial charge is 0.422 e. The lowest BCUT2D eigenvalue weighted by atomic mass is 9.76. The third kappa shape index (κ3) is 3.00. The van der Waals surface area contributed by atoms with Crippen molar-refractivity contribution in [1.82, 2.24) is 0 Å². The van der Waals surface area contributed by atoms with Gasteiger partial charge in [0.2, 0.25) is 11.8 Å². The molecule has 31 heavy (non-hydrogen) atoms. The quantitative estimate of drug-likeness (QED) is 0.168. The standard InChI is InChI=1S/C20H18N2O9/c1-9-4-5-12(13(8-9)22(27)28)21-17(25)15-14-6-7-20(31-14,16(15)18(21)26)19(29-10(2)23)30-11(3)24/h4-8,14-16,19H,1-3H3/t14-,15+,16-,20-/m0/s1. The van der Waals surface area contributed by atoms with Crippen LogP contribution in [0.2, 0.25) is 0 Å². The van der Waals surface area contributed by atoms with Crippen LogP contribution in [-0.4, -0.2) is 46.7 Å². The van der Waals surface area contributed by atoms with E-state index < -0.39 is 64.2 Å². The van der Waals surface area contributed by atoms with Gasteiger partial charge in [-0.05, 0) is 24.6 Å². The van der Waals surface area contributed by atoms with E-state index in [4.69, 9.17) is 14.2 Å². The van der Waals surface area contributed by atoms with Gasteiger partial charge in [0, 0.05) is 19.9 Å². The number of fused-ring (bicyclic) bond motifs is 5. The molecule has 0 unspecified atom stereocenters. The Kier molecular flexibility index (Phi) is 4.65. The Morgan fingerprint density at radius 2 is 1.84 bits per heavy atom. The van der Waals surface area contributed by atoms with Crippen LogP contribution in [0.5, 0.6) is 0 Å². The Morgan fingerprint density at radius 3 is 2.42 bits per heavy atom. The van der Waals surface area contributed by atoms with Gasteiger partial charge in [-0.25, -0.2) is 4.90 Å². The first-order valence-electron chi connectivity index (χ1n) is 9.41. The number of nitro groups is 1. The van der Waals surface area contributed by atoms with Crippen molar-refractivity contribution < 1.29 is 38.3 Å². The second kappa shape index (κ2) is 6.98. The number of anilines is 1. The summed E-state index contributed by atoms with van der Waals surface area (Å²) in [4.78, 5) is 61.5. The van der Waals surface area contributed by atoms with Crippen LogP contribution in [-0.2, 0) is 33.4 Å². The highest BCUT2D eigenvalue weighted by Gasteiger charge is 2.72. The lowest BCUT2D eigenvalue weighted by molar-refractivity contribution is -0.384. The smallest absolute Gasteiger partial charge is 0.305 e. The van der Waals surface area contributed by atoms with Crippen LogP contribution in [0.4, 0.5) is 11.4 Å². The van der Waals surface area contributed by atoms with E-state index in [0.717, 1.165) is 18.7 Å². The lowest BCUT2D eigenvalue weighted by Crippen LogP contribution is -2.52. The predicted molar refractivity (Wildman–Crippen MR) is 101 cm³/mol. The number of benzene rings is 1. The summed E-state index contributed by atoms with van der Waals surface area (Å²) in [6.45, 7) is 3.84. The number of aryl methyl sites for hydroxylation is 1. The third-order valence-corrected chi connectivity index (χ3v) is 5.56. The van der Waals surface area contributed by atoms with Gasteiger partial charge < -0.3 is 14.2 Å². The molecular formula is C20H18N2O9. The number of esters is 2. The Hall–Kier alpha value is -3.60. The molecule has 3 aliphatic rings. The molecule has 1 aromatic rings. The maximum atomic E-state index is 13.4. The van der Waals surface area contributed by atoms with Gasteiger partial charge in [-0.2, -0.15) is 0 Å². The second-order valence-electron chi connectivity index (χ2n) is 7.61. The van der Waals surface area contributed by atoms with Crippen LogP contribution in [0.3, 0.4) is 0 Å². The fourth-order valence-corrected chi connectivity index (χ4v) is 4.42. The van der Waals surface area contributed by atoms with Gasteiger partial charge in [-0.15, -0.1) is 0 Å². The number of hydrogen-bond acceptors (Lipinski definition) is 9. The SMILES string of the molecule is CC(=O)OC(OC(C)=O)[C@@]12C=C[C@H](O1)[C@H]1C(=O)N(c3ccc(C)cc3[N+](=O)[O-])C(=O)[C@H]12. The average Bonchev–Trinajstić information content (AvgIpc) is 3.32. The van der Waals surface area contributed by atoms with Crippen molar-refractivity contribution in [2.24, 2.45) is 11.8 Å². The fraction of sp³-hybridized carbons (Fsp3) is 0.400. The second-order valence-corrected chi connectivity index (χ2v) is 7.61. The number of nitrogens with zero attached hydrogens (tertiary/aromatic N) is 2. The molecular weight excluding hydrogens is 412 g/mol. The normalized spacial score (nSPS) is 28.3. The molecule has 4 rings (SSSR count). The van der Waals surface area contributed by atoms with Gasteiger partial charge in [0.25, 0.3) is 12.0 Å². The summed E-state index contributed by atoms with van der Waals surface area (Å²) in [5.41, 5.74) is -1.69. The van der Waals surface area contributed by atoms with Gasteiger partial charge in [0.1, 0.15) is 5.69 Å². The number of carbonyl (C=O) groups is 4. The molecule has 11 nitrogen and oxygen atoms in total. The van der Waals surface area contributed by atoms with Crippen LogP contribution < -0.4 is 4.90 Å². The van der Waals surface area contributed by atoms with E-state index in [9.17, 15) is 29.3 Å². The zero-order chi connectivity index (χ0) is 22.7. The van der Waals surface area contributed by atoms with Crippen molar-refractivity contribution >= 4 is 35.1 Å². The first-order valence-corrected chi connectivity index (χ1v) is 9.41. The van der Waals surface area contributed by atoms with E-state index >= 15 is 0 Å². The number of rotatable bonds is 5. The lowest BCUT2D eigenvalue weighted by Gasteiger charge is -2.34. The highest BCUT2D eigenvalue weighted by Crippen LogP contribution is 2.55. The molecule has 2 amide bonds. The molecule has 0 spiro atoms. The van der Waals surface area contributed by atoms with E-state index in [0.29, 0.717) is 5.56 Å². The molecule has 0 aliphatic carbocycles. The van der Waals surface area contributed by atoms with Crippen LogP contribution >= 0.6 is 0 Å². The maximum absolute atomic E-state index is 13.4. The van der Waals surface area contributed by atoms with E-state index in [1.165, 1.54) is 24.3 Å². The van der Waals surface area contributed by atoms with Crippen molar-refractivity contribution in [2.45, 2.75) is 38.8 Å². The summed E-state index contributed by atoms with van der Waals surface area (Å²) in [6.07, 6.45) is 0.514. The molecule has 0 saturated carbocycles. The van der Waals surface area contributed by atoms with Gasteiger partial charge in [0.05, 0.1) is 22.9 Å². The number of ether oxygens (including phenoxy) is 3. The third-order valence-electron chi connectivity index (χ3n) is 5.56. The molecule has 11 heteroatoms. The number of imide groups is 1. The molecule has 3 aliphatic heterocycles. The molecule has 4 atom stereocenters. The van der Waals surface area contributed by atoms with Crippen LogP contribution in [0.15, 0.2) is 30.4 Å². The van der Waals surface area contributed by atoms with Crippen molar-refractivity contribution in [3.05, 3.63) is 46.0 Å². The first kappa shape index (κ1) is 20.7. The van der Waals surface area contributed by atoms with E-state index in [2.05, 4.69) is 0 Å². The Morgan fingerprint density at radius 1 is 1.19 bits per heavy atom.